The highest BCUT2D eigenvalue weighted by Gasteiger charge is 2.21. The second kappa shape index (κ2) is 6.33. The predicted molar refractivity (Wildman–Crippen MR) is 61.9 cm³/mol. The molecule has 0 saturated heterocycles. The first-order valence-electron chi connectivity index (χ1n) is 5.79. The summed E-state index contributed by atoms with van der Waals surface area (Å²) in [7, 11) is 0. The van der Waals surface area contributed by atoms with Gasteiger partial charge in [-0.1, -0.05) is 26.7 Å². The largest absolute Gasteiger partial charge is 0.294 e. The van der Waals surface area contributed by atoms with Gasteiger partial charge in [-0.3, -0.25) is 9.78 Å². The molecule has 0 atom stereocenters. The van der Waals surface area contributed by atoms with Crippen molar-refractivity contribution in [3.63, 3.8) is 0 Å². The Balaban J connectivity index is 0.000000531. The van der Waals surface area contributed by atoms with E-state index in [9.17, 15) is 4.79 Å². The van der Waals surface area contributed by atoms with Gasteiger partial charge in [0.05, 0.1) is 0 Å². The standard InChI is InChI=1S/C11H13NO.C2H6/c13-11(6-5-9-3-4-9)10-2-1-7-12-8-10;1-2/h1-2,7-9H,3-6H2;1-2H3. The molecule has 0 spiro atoms. The van der Waals surface area contributed by atoms with Crippen molar-refractivity contribution in [2.24, 2.45) is 5.92 Å². The van der Waals surface area contributed by atoms with Crippen molar-refractivity contribution in [1.29, 1.82) is 0 Å². The Hall–Kier alpha value is -1.18. The zero-order valence-corrected chi connectivity index (χ0v) is 9.57. The van der Waals surface area contributed by atoms with Gasteiger partial charge in [-0.2, -0.15) is 0 Å². The molecule has 1 heterocycles. The summed E-state index contributed by atoms with van der Waals surface area (Å²) in [4.78, 5) is 15.5. The lowest BCUT2D eigenvalue weighted by atomic mass is 10.1. The average molecular weight is 205 g/mol. The highest BCUT2D eigenvalue weighted by Crippen LogP contribution is 2.33. The van der Waals surface area contributed by atoms with Crippen LogP contribution in [0.15, 0.2) is 24.5 Å². The normalized spacial score (nSPS) is 14.0. The molecular weight excluding hydrogens is 186 g/mol. The van der Waals surface area contributed by atoms with Gasteiger partial charge in [0.25, 0.3) is 0 Å². The van der Waals surface area contributed by atoms with Crippen molar-refractivity contribution in [3.8, 4) is 0 Å². The van der Waals surface area contributed by atoms with Crippen LogP contribution in [-0.2, 0) is 0 Å². The van der Waals surface area contributed by atoms with Crippen LogP contribution in [0.3, 0.4) is 0 Å². The Morgan fingerprint density at radius 2 is 2.20 bits per heavy atom. The van der Waals surface area contributed by atoms with Gasteiger partial charge in [0.1, 0.15) is 0 Å². The number of hydrogen-bond donors (Lipinski definition) is 0. The van der Waals surface area contributed by atoms with E-state index in [0.717, 1.165) is 17.9 Å². The third-order valence-corrected chi connectivity index (χ3v) is 2.46. The van der Waals surface area contributed by atoms with E-state index in [2.05, 4.69) is 4.98 Å². The van der Waals surface area contributed by atoms with Crippen LogP contribution in [0.5, 0.6) is 0 Å². The van der Waals surface area contributed by atoms with E-state index in [4.69, 9.17) is 0 Å². The van der Waals surface area contributed by atoms with E-state index in [1.54, 1.807) is 12.4 Å². The number of nitrogens with zero attached hydrogens (tertiary/aromatic N) is 1. The minimum atomic E-state index is 0.236. The third kappa shape index (κ3) is 4.24. The monoisotopic (exact) mass is 205 g/mol. The molecule has 0 aromatic carbocycles. The molecule has 1 saturated carbocycles. The molecule has 2 rings (SSSR count). The van der Waals surface area contributed by atoms with E-state index in [1.165, 1.54) is 12.8 Å². The number of pyridine rings is 1. The number of aromatic nitrogens is 1. The fraction of sp³-hybridized carbons (Fsp3) is 0.538. The van der Waals surface area contributed by atoms with Gasteiger partial charge in [-0.25, -0.2) is 0 Å². The smallest absolute Gasteiger partial charge is 0.164 e. The Morgan fingerprint density at radius 1 is 1.47 bits per heavy atom. The van der Waals surface area contributed by atoms with Crippen LogP contribution in [0.4, 0.5) is 0 Å². The molecule has 1 aliphatic rings. The van der Waals surface area contributed by atoms with Gasteiger partial charge in [-0.15, -0.1) is 0 Å². The number of hydrogen-bond acceptors (Lipinski definition) is 2. The first-order chi connectivity index (χ1) is 7.36. The highest BCUT2D eigenvalue weighted by atomic mass is 16.1. The third-order valence-electron chi connectivity index (χ3n) is 2.46. The van der Waals surface area contributed by atoms with Crippen LogP contribution >= 0.6 is 0 Å². The number of carbonyl (C=O) groups excluding carboxylic acids is 1. The molecule has 1 aromatic rings. The average Bonchev–Trinajstić information content (AvgIpc) is 3.14. The fourth-order valence-corrected chi connectivity index (χ4v) is 1.41. The lowest BCUT2D eigenvalue weighted by Gasteiger charge is -1.98. The lowest BCUT2D eigenvalue weighted by Crippen LogP contribution is -1.99. The topological polar surface area (TPSA) is 30.0 Å². The molecule has 0 unspecified atom stereocenters. The molecule has 0 aliphatic heterocycles. The summed E-state index contributed by atoms with van der Waals surface area (Å²) in [6.07, 6.45) is 7.73. The van der Waals surface area contributed by atoms with E-state index >= 15 is 0 Å². The van der Waals surface area contributed by atoms with Crippen molar-refractivity contribution >= 4 is 5.78 Å². The van der Waals surface area contributed by atoms with Crippen molar-refractivity contribution in [2.45, 2.75) is 39.5 Å². The molecule has 1 aromatic heterocycles. The molecule has 2 nitrogen and oxygen atoms in total. The van der Waals surface area contributed by atoms with Crippen molar-refractivity contribution in [3.05, 3.63) is 30.1 Å². The molecule has 0 N–H and O–H groups in total. The summed E-state index contributed by atoms with van der Waals surface area (Å²) in [5.74, 6) is 1.07. The van der Waals surface area contributed by atoms with Crippen LogP contribution in [0, 0.1) is 5.92 Å². The first-order valence-corrected chi connectivity index (χ1v) is 5.79. The molecule has 82 valence electrons. The maximum absolute atomic E-state index is 11.5. The molecule has 1 aliphatic carbocycles. The van der Waals surface area contributed by atoms with Crippen LogP contribution < -0.4 is 0 Å². The Labute approximate surface area is 91.7 Å². The minimum absolute atomic E-state index is 0.236. The van der Waals surface area contributed by atoms with Gasteiger partial charge in [0, 0.05) is 24.4 Å². The summed E-state index contributed by atoms with van der Waals surface area (Å²) >= 11 is 0. The first kappa shape index (κ1) is 11.9. The van der Waals surface area contributed by atoms with Gasteiger partial charge in [0.15, 0.2) is 5.78 Å². The van der Waals surface area contributed by atoms with Crippen molar-refractivity contribution < 1.29 is 4.79 Å². The summed E-state index contributed by atoms with van der Waals surface area (Å²) in [5, 5.41) is 0. The summed E-state index contributed by atoms with van der Waals surface area (Å²) in [5.41, 5.74) is 0.753. The van der Waals surface area contributed by atoms with Crippen LogP contribution in [0.1, 0.15) is 49.9 Å². The molecule has 1 fully saturated rings. The maximum atomic E-state index is 11.5. The highest BCUT2D eigenvalue weighted by molar-refractivity contribution is 5.95. The van der Waals surface area contributed by atoms with Gasteiger partial charge in [0.2, 0.25) is 0 Å². The minimum Gasteiger partial charge on any atom is -0.294 e. The number of ketones is 1. The zero-order valence-electron chi connectivity index (χ0n) is 9.57. The van der Waals surface area contributed by atoms with E-state index in [-0.39, 0.29) is 5.78 Å². The molecule has 0 amide bonds. The van der Waals surface area contributed by atoms with Crippen LogP contribution in [0.25, 0.3) is 0 Å². The molecule has 2 heteroatoms. The Bertz CT molecular complexity index is 291. The van der Waals surface area contributed by atoms with Crippen molar-refractivity contribution in [1.82, 2.24) is 4.98 Å². The summed E-state index contributed by atoms with van der Waals surface area (Å²) in [6.45, 7) is 4.00. The van der Waals surface area contributed by atoms with Crippen LogP contribution in [0.2, 0.25) is 0 Å². The number of carbonyl (C=O) groups is 1. The predicted octanol–water partition coefficient (Wildman–Crippen LogP) is 3.48. The van der Waals surface area contributed by atoms with E-state index < -0.39 is 0 Å². The Kier molecular flexibility index (Phi) is 5.02. The molecule has 0 bridgehead atoms. The van der Waals surface area contributed by atoms with Crippen molar-refractivity contribution in [2.75, 3.05) is 0 Å². The summed E-state index contributed by atoms with van der Waals surface area (Å²) < 4.78 is 0. The molecule has 0 radical (unpaired) electrons. The van der Waals surface area contributed by atoms with E-state index in [0.29, 0.717) is 6.42 Å². The number of rotatable bonds is 4. The zero-order chi connectivity index (χ0) is 11.1. The maximum Gasteiger partial charge on any atom is 0.164 e. The summed E-state index contributed by atoms with van der Waals surface area (Å²) in [6, 6.07) is 3.65. The SMILES string of the molecule is CC.O=C(CCC1CC1)c1cccnc1. The second-order valence-corrected chi connectivity index (χ2v) is 3.65. The van der Waals surface area contributed by atoms with Crippen LogP contribution in [-0.4, -0.2) is 10.8 Å². The van der Waals surface area contributed by atoms with Gasteiger partial charge >= 0.3 is 0 Å². The van der Waals surface area contributed by atoms with E-state index in [1.807, 2.05) is 26.0 Å². The van der Waals surface area contributed by atoms with Gasteiger partial charge < -0.3 is 0 Å². The fourth-order valence-electron chi connectivity index (χ4n) is 1.41. The molecular formula is C13H19NO. The Morgan fingerprint density at radius 3 is 2.73 bits per heavy atom. The number of Topliss-reactive ketones (excluding diaryl/α,β-unsaturated/α-hetero) is 1. The quantitative estimate of drug-likeness (QED) is 0.704. The second-order valence-electron chi connectivity index (χ2n) is 3.65. The van der Waals surface area contributed by atoms with Gasteiger partial charge in [-0.05, 0) is 24.5 Å². The molecule has 15 heavy (non-hydrogen) atoms. The lowest BCUT2D eigenvalue weighted by molar-refractivity contribution is 0.0977.